The van der Waals surface area contributed by atoms with Crippen LogP contribution in [0.3, 0.4) is 0 Å². The molecule has 0 bridgehead atoms. The van der Waals surface area contributed by atoms with Crippen LogP contribution in [0.15, 0.2) is 84.9 Å². The Labute approximate surface area is 189 Å². The number of hydrogen-bond donors (Lipinski definition) is 3. The van der Waals surface area contributed by atoms with E-state index in [1.165, 1.54) is 33.4 Å². The van der Waals surface area contributed by atoms with Crippen LogP contribution in [0, 0.1) is 6.92 Å². The molecule has 32 heavy (non-hydrogen) atoms. The van der Waals surface area contributed by atoms with Crippen molar-refractivity contribution >= 4 is 0 Å². The number of rotatable bonds is 7. The summed E-state index contributed by atoms with van der Waals surface area (Å²) < 4.78 is 0. The van der Waals surface area contributed by atoms with Crippen LogP contribution in [0.5, 0.6) is 5.75 Å². The molecule has 0 unspecified atom stereocenters. The summed E-state index contributed by atoms with van der Waals surface area (Å²) in [6.45, 7) is 1.60. The zero-order valence-corrected chi connectivity index (χ0v) is 18.3. The van der Waals surface area contributed by atoms with Gasteiger partial charge < -0.3 is 15.3 Å². The summed E-state index contributed by atoms with van der Waals surface area (Å²) in [5, 5.41) is 28.9. The Morgan fingerprint density at radius 2 is 1.06 bits per heavy atom. The molecule has 0 radical (unpaired) electrons. The van der Waals surface area contributed by atoms with Gasteiger partial charge >= 0.3 is 0 Å². The first kappa shape index (κ1) is 21.8. The van der Waals surface area contributed by atoms with Crippen LogP contribution in [-0.2, 0) is 26.1 Å². The highest BCUT2D eigenvalue weighted by Gasteiger charge is 2.09. The summed E-state index contributed by atoms with van der Waals surface area (Å²) in [5.41, 5.74) is 9.16. The second-order valence-electron chi connectivity index (χ2n) is 8.22. The van der Waals surface area contributed by atoms with Gasteiger partial charge in [0.05, 0.1) is 13.2 Å². The molecule has 0 aromatic heterocycles. The lowest BCUT2D eigenvalue weighted by molar-refractivity contribution is 0.263. The summed E-state index contributed by atoms with van der Waals surface area (Å²) in [4.78, 5) is 0. The van der Waals surface area contributed by atoms with Crippen molar-refractivity contribution in [3.8, 4) is 28.0 Å². The van der Waals surface area contributed by atoms with Crippen molar-refractivity contribution in [2.75, 3.05) is 0 Å². The highest BCUT2D eigenvalue weighted by atomic mass is 16.3. The van der Waals surface area contributed by atoms with Crippen molar-refractivity contribution < 1.29 is 15.3 Å². The van der Waals surface area contributed by atoms with Gasteiger partial charge in [0.25, 0.3) is 0 Å². The topological polar surface area (TPSA) is 60.7 Å². The largest absolute Gasteiger partial charge is 0.507 e. The van der Waals surface area contributed by atoms with Gasteiger partial charge in [0.15, 0.2) is 0 Å². The Hall–Kier alpha value is -3.40. The fourth-order valence-corrected chi connectivity index (χ4v) is 3.99. The van der Waals surface area contributed by atoms with E-state index in [1.54, 1.807) is 12.1 Å². The molecule has 3 heteroatoms. The number of aryl methyl sites for hydroxylation is 3. The van der Waals surface area contributed by atoms with Crippen molar-refractivity contribution in [1.29, 1.82) is 0 Å². The highest BCUT2D eigenvalue weighted by molar-refractivity contribution is 5.73. The van der Waals surface area contributed by atoms with E-state index in [-0.39, 0.29) is 19.0 Å². The van der Waals surface area contributed by atoms with Crippen molar-refractivity contribution in [2.24, 2.45) is 0 Å². The van der Waals surface area contributed by atoms with Crippen LogP contribution in [0.2, 0.25) is 0 Å². The van der Waals surface area contributed by atoms with Gasteiger partial charge in [0.2, 0.25) is 0 Å². The van der Waals surface area contributed by atoms with Gasteiger partial charge in [-0.15, -0.1) is 0 Å². The Kier molecular flexibility index (Phi) is 6.69. The predicted octanol–water partition coefficient (Wildman–Crippen LogP) is 5.80. The Bertz CT molecular complexity index is 1170. The lowest BCUT2D eigenvalue weighted by atomic mass is 9.96. The van der Waals surface area contributed by atoms with Crippen molar-refractivity contribution in [2.45, 2.75) is 33.0 Å². The predicted molar refractivity (Wildman–Crippen MR) is 129 cm³/mol. The molecule has 4 rings (SSSR count). The molecule has 0 amide bonds. The SMILES string of the molecule is Cc1ccc(-c2cccc(-c3ccc(CCc4cc(CO)c(O)c(CO)c4)cc3)c2)cc1. The minimum absolute atomic E-state index is 0.0176. The summed E-state index contributed by atoms with van der Waals surface area (Å²) in [5.74, 6) is -0.0176. The standard InChI is InChI=1S/C29H28O3/c1-20-5-11-23(12-6-20)25-3-2-4-26(17-25)24-13-9-21(10-14-24)7-8-22-15-27(18-30)29(32)28(16-22)19-31/h2-6,9-17,30-32H,7-8,18-19H2,1H3. The van der Waals surface area contributed by atoms with Crippen molar-refractivity contribution in [3.63, 3.8) is 0 Å². The molecule has 0 atom stereocenters. The second-order valence-corrected chi connectivity index (χ2v) is 8.22. The van der Waals surface area contributed by atoms with Gasteiger partial charge in [0.1, 0.15) is 5.75 Å². The van der Waals surface area contributed by atoms with Crippen LogP contribution in [0.1, 0.15) is 27.8 Å². The average molecular weight is 425 g/mol. The second kappa shape index (κ2) is 9.82. The lowest BCUT2D eigenvalue weighted by Gasteiger charge is -2.11. The lowest BCUT2D eigenvalue weighted by Crippen LogP contribution is -1.98. The Morgan fingerprint density at radius 1 is 0.562 bits per heavy atom. The van der Waals surface area contributed by atoms with E-state index in [2.05, 4.69) is 79.7 Å². The summed E-state index contributed by atoms with van der Waals surface area (Å²) in [6.07, 6.45) is 1.60. The zero-order valence-electron chi connectivity index (χ0n) is 18.3. The molecule has 162 valence electrons. The average Bonchev–Trinajstić information content (AvgIpc) is 2.84. The van der Waals surface area contributed by atoms with E-state index in [0.717, 1.165) is 18.4 Å². The number of hydrogen-bond acceptors (Lipinski definition) is 3. The molecule has 0 aliphatic rings. The fourth-order valence-electron chi connectivity index (χ4n) is 3.99. The van der Waals surface area contributed by atoms with E-state index < -0.39 is 0 Å². The molecule has 0 spiro atoms. The molecule has 0 aliphatic heterocycles. The third-order valence-electron chi connectivity index (χ3n) is 5.91. The Morgan fingerprint density at radius 3 is 1.59 bits per heavy atom. The first-order valence-electron chi connectivity index (χ1n) is 10.9. The number of benzene rings is 4. The van der Waals surface area contributed by atoms with Gasteiger partial charge in [-0.25, -0.2) is 0 Å². The number of phenols is 1. The van der Waals surface area contributed by atoms with Crippen LogP contribution in [-0.4, -0.2) is 15.3 Å². The van der Waals surface area contributed by atoms with Crippen LogP contribution >= 0.6 is 0 Å². The smallest absolute Gasteiger partial charge is 0.126 e. The highest BCUT2D eigenvalue weighted by Crippen LogP contribution is 2.28. The number of aliphatic hydroxyl groups is 2. The summed E-state index contributed by atoms with van der Waals surface area (Å²) >= 11 is 0. The fraction of sp³-hybridized carbons (Fsp3) is 0.172. The van der Waals surface area contributed by atoms with Gasteiger partial charge in [-0.1, -0.05) is 72.3 Å². The quantitative estimate of drug-likeness (QED) is 0.351. The van der Waals surface area contributed by atoms with Crippen molar-refractivity contribution in [3.05, 3.63) is 113 Å². The van der Waals surface area contributed by atoms with Gasteiger partial charge in [-0.3, -0.25) is 0 Å². The zero-order chi connectivity index (χ0) is 22.5. The number of aromatic hydroxyl groups is 1. The molecule has 4 aromatic rings. The molecule has 3 N–H and O–H groups in total. The molecular weight excluding hydrogens is 396 g/mol. The summed E-state index contributed by atoms with van der Waals surface area (Å²) in [6, 6.07) is 29.4. The monoisotopic (exact) mass is 424 g/mol. The van der Waals surface area contributed by atoms with E-state index in [0.29, 0.717) is 11.1 Å². The maximum Gasteiger partial charge on any atom is 0.126 e. The van der Waals surface area contributed by atoms with E-state index in [9.17, 15) is 15.3 Å². The van der Waals surface area contributed by atoms with Crippen LogP contribution in [0.4, 0.5) is 0 Å². The maximum atomic E-state index is 10.0. The Balaban J connectivity index is 1.48. The van der Waals surface area contributed by atoms with Crippen LogP contribution in [0.25, 0.3) is 22.3 Å². The molecule has 0 aliphatic carbocycles. The van der Waals surface area contributed by atoms with E-state index in [1.807, 2.05) is 0 Å². The van der Waals surface area contributed by atoms with E-state index >= 15 is 0 Å². The van der Waals surface area contributed by atoms with Gasteiger partial charge in [-0.2, -0.15) is 0 Å². The molecule has 3 nitrogen and oxygen atoms in total. The normalized spacial score (nSPS) is 11.0. The third-order valence-corrected chi connectivity index (χ3v) is 5.91. The third kappa shape index (κ3) is 4.91. The molecular formula is C29H28O3. The minimum atomic E-state index is -0.247. The molecule has 0 heterocycles. The first-order chi connectivity index (χ1) is 15.6. The van der Waals surface area contributed by atoms with Crippen molar-refractivity contribution in [1.82, 2.24) is 0 Å². The summed E-state index contributed by atoms with van der Waals surface area (Å²) in [7, 11) is 0. The van der Waals surface area contributed by atoms with Gasteiger partial charge in [-0.05, 0) is 71.3 Å². The molecule has 4 aromatic carbocycles. The maximum absolute atomic E-state index is 10.0. The van der Waals surface area contributed by atoms with Crippen LogP contribution < -0.4 is 0 Å². The first-order valence-corrected chi connectivity index (χ1v) is 10.9. The molecule has 0 fully saturated rings. The van der Waals surface area contributed by atoms with Gasteiger partial charge in [0, 0.05) is 11.1 Å². The molecule has 0 saturated carbocycles. The minimum Gasteiger partial charge on any atom is -0.507 e. The number of aliphatic hydroxyl groups excluding tert-OH is 2. The van der Waals surface area contributed by atoms with E-state index in [4.69, 9.17) is 0 Å². The molecule has 0 saturated heterocycles.